The second-order valence-corrected chi connectivity index (χ2v) is 5.83. The predicted molar refractivity (Wildman–Crippen MR) is 93.2 cm³/mol. The van der Waals surface area contributed by atoms with E-state index in [0.717, 1.165) is 17.2 Å². The molecule has 2 N–H and O–H groups in total. The van der Waals surface area contributed by atoms with Gasteiger partial charge in [-0.2, -0.15) is 0 Å². The van der Waals surface area contributed by atoms with E-state index in [1.807, 2.05) is 0 Å². The van der Waals surface area contributed by atoms with Crippen molar-refractivity contribution in [1.82, 2.24) is 0 Å². The molecule has 0 saturated heterocycles. The predicted octanol–water partition coefficient (Wildman–Crippen LogP) is 3.83. The Hall–Kier alpha value is -2.93. The Kier molecular flexibility index (Phi) is 5.71. The van der Waals surface area contributed by atoms with E-state index < -0.39 is 16.8 Å². The Morgan fingerprint density at radius 2 is 1.96 bits per heavy atom. The first-order valence-corrected chi connectivity index (χ1v) is 7.72. The molecule has 2 aromatic carbocycles. The van der Waals surface area contributed by atoms with Gasteiger partial charge in [-0.05, 0) is 42.7 Å². The molecule has 25 heavy (non-hydrogen) atoms. The maximum atomic E-state index is 12.3. The van der Waals surface area contributed by atoms with Crippen molar-refractivity contribution >= 4 is 34.9 Å². The van der Waals surface area contributed by atoms with Crippen molar-refractivity contribution in [3.05, 3.63) is 68.2 Å². The molecule has 0 fully saturated rings. The summed E-state index contributed by atoms with van der Waals surface area (Å²) in [5.74, 6) is -1.37. The molecule has 0 spiro atoms. The number of nitro groups is 1. The number of amides is 1. The molecule has 2 rings (SSSR count). The Morgan fingerprint density at radius 1 is 1.24 bits per heavy atom. The number of nitrogens with zero attached hydrogens (tertiary/aromatic N) is 1. The zero-order chi connectivity index (χ0) is 18.6. The molecule has 0 unspecified atom stereocenters. The minimum atomic E-state index is -0.876. The number of aryl methyl sites for hydroxylation is 2. The van der Waals surface area contributed by atoms with E-state index in [4.69, 9.17) is 16.7 Å². The lowest BCUT2D eigenvalue weighted by molar-refractivity contribution is -0.384. The molecule has 130 valence electrons. The van der Waals surface area contributed by atoms with Crippen LogP contribution in [0.1, 0.15) is 27.9 Å². The summed E-state index contributed by atoms with van der Waals surface area (Å²) in [5.41, 5.74) is 1.93. The number of nitrogens with one attached hydrogen (secondary N) is 1. The smallest absolute Gasteiger partial charge is 0.303 e. The molecule has 0 saturated carbocycles. The van der Waals surface area contributed by atoms with Crippen LogP contribution in [-0.4, -0.2) is 21.9 Å². The number of benzene rings is 2. The van der Waals surface area contributed by atoms with Crippen molar-refractivity contribution in [2.24, 2.45) is 0 Å². The fourth-order valence-corrected chi connectivity index (χ4v) is 2.45. The van der Waals surface area contributed by atoms with Crippen LogP contribution in [-0.2, 0) is 11.2 Å². The first-order chi connectivity index (χ1) is 11.8. The number of hydrogen-bond donors (Lipinski definition) is 2. The third-order valence-electron chi connectivity index (χ3n) is 3.57. The van der Waals surface area contributed by atoms with E-state index >= 15 is 0 Å². The molecule has 0 aliphatic carbocycles. The monoisotopic (exact) mass is 362 g/mol. The Balaban J connectivity index is 2.16. The van der Waals surface area contributed by atoms with Crippen LogP contribution in [0.5, 0.6) is 0 Å². The van der Waals surface area contributed by atoms with Gasteiger partial charge in [0.1, 0.15) is 5.02 Å². The average molecular weight is 363 g/mol. The lowest BCUT2D eigenvalue weighted by atomic mass is 10.1. The third kappa shape index (κ3) is 4.77. The quantitative estimate of drug-likeness (QED) is 0.599. The molecule has 0 aromatic heterocycles. The van der Waals surface area contributed by atoms with Gasteiger partial charge >= 0.3 is 5.97 Å². The molecule has 2 aromatic rings. The first kappa shape index (κ1) is 18.4. The molecule has 8 heteroatoms. The Morgan fingerprint density at radius 3 is 2.56 bits per heavy atom. The fourth-order valence-electron chi connectivity index (χ4n) is 2.26. The summed E-state index contributed by atoms with van der Waals surface area (Å²) >= 11 is 5.74. The summed E-state index contributed by atoms with van der Waals surface area (Å²) in [7, 11) is 0. The Bertz CT molecular complexity index is 851. The summed E-state index contributed by atoms with van der Waals surface area (Å²) in [6, 6.07) is 9.03. The molecule has 7 nitrogen and oxygen atoms in total. The summed E-state index contributed by atoms with van der Waals surface area (Å²) in [4.78, 5) is 33.2. The Labute approximate surface area is 148 Å². The van der Waals surface area contributed by atoms with Gasteiger partial charge in [0.25, 0.3) is 11.6 Å². The van der Waals surface area contributed by atoms with Crippen molar-refractivity contribution in [2.75, 3.05) is 5.32 Å². The topological polar surface area (TPSA) is 110 Å². The van der Waals surface area contributed by atoms with Crippen LogP contribution in [0.15, 0.2) is 36.4 Å². The van der Waals surface area contributed by atoms with E-state index in [0.29, 0.717) is 12.1 Å². The van der Waals surface area contributed by atoms with Crippen LogP contribution in [0.3, 0.4) is 0 Å². The highest BCUT2D eigenvalue weighted by molar-refractivity contribution is 6.32. The van der Waals surface area contributed by atoms with E-state index in [1.165, 1.54) is 12.1 Å². The maximum absolute atomic E-state index is 12.3. The summed E-state index contributed by atoms with van der Waals surface area (Å²) in [5, 5.41) is 22.3. The minimum absolute atomic E-state index is 0.0274. The molecule has 0 atom stereocenters. The van der Waals surface area contributed by atoms with Crippen LogP contribution in [0.25, 0.3) is 0 Å². The molecular formula is C17H15ClN2O5. The van der Waals surface area contributed by atoms with Crippen molar-refractivity contribution in [3.63, 3.8) is 0 Å². The van der Waals surface area contributed by atoms with Crippen molar-refractivity contribution < 1.29 is 19.6 Å². The second-order valence-electron chi connectivity index (χ2n) is 5.42. The highest BCUT2D eigenvalue weighted by Crippen LogP contribution is 2.26. The number of carboxylic acid groups (broad SMARTS) is 1. The lowest BCUT2D eigenvalue weighted by Crippen LogP contribution is -2.13. The van der Waals surface area contributed by atoms with Crippen LogP contribution in [0.4, 0.5) is 11.4 Å². The SMILES string of the molecule is Cc1cc(CCC(=O)O)ccc1NC(=O)c1ccc(Cl)c([N+](=O)[O-])c1. The number of carbonyl (C=O) groups excluding carboxylic acids is 1. The number of nitro benzene ring substituents is 1. The third-order valence-corrected chi connectivity index (χ3v) is 3.89. The number of halogens is 1. The molecular weight excluding hydrogens is 348 g/mol. The number of aliphatic carboxylic acids is 1. The van der Waals surface area contributed by atoms with Gasteiger partial charge < -0.3 is 10.4 Å². The van der Waals surface area contributed by atoms with Crippen LogP contribution in [0, 0.1) is 17.0 Å². The lowest BCUT2D eigenvalue weighted by Gasteiger charge is -2.10. The highest BCUT2D eigenvalue weighted by Gasteiger charge is 2.17. The van der Waals surface area contributed by atoms with E-state index in [1.54, 1.807) is 25.1 Å². The zero-order valence-corrected chi connectivity index (χ0v) is 14.0. The van der Waals surface area contributed by atoms with Gasteiger partial charge in [-0.1, -0.05) is 23.7 Å². The molecule has 0 heterocycles. The second kappa shape index (κ2) is 7.76. The van der Waals surface area contributed by atoms with Gasteiger partial charge in [-0.15, -0.1) is 0 Å². The molecule has 0 aliphatic rings. The van der Waals surface area contributed by atoms with Crippen molar-refractivity contribution in [2.45, 2.75) is 19.8 Å². The minimum Gasteiger partial charge on any atom is -0.481 e. The molecule has 0 bridgehead atoms. The summed E-state index contributed by atoms with van der Waals surface area (Å²) in [6.07, 6.45) is 0.424. The number of anilines is 1. The van der Waals surface area contributed by atoms with Crippen molar-refractivity contribution in [3.8, 4) is 0 Å². The van der Waals surface area contributed by atoms with Gasteiger partial charge in [0.15, 0.2) is 0 Å². The maximum Gasteiger partial charge on any atom is 0.303 e. The van der Waals surface area contributed by atoms with E-state index in [-0.39, 0.29) is 22.7 Å². The fraction of sp³-hybridized carbons (Fsp3) is 0.176. The summed E-state index contributed by atoms with van der Waals surface area (Å²) < 4.78 is 0. The van der Waals surface area contributed by atoms with Crippen LogP contribution < -0.4 is 5.32 Å². The van der Waals surface area contributed by atoms with Gasteiger partial charge in [0.05, 0.1) is 4.92 Å². The zero-order valence-electron chi connectivity index (χ0n) is 13.3. The number of carbonyl (C=O) groups is 2. The van der Waals surface area contributed by atoms with Gasteiger partial charge in [0, 0.05) is 23.7 Å². The van der Waals surface area contributed by atoms with Gasteiger partial charge in [-0.3, -0.25) is 19.7 Å². The first-order valence-electron chi connectivity index (χ1n) is 7.34. The normalized spacial score (nSPS) is 10.3. The average Bonchev–Trinajstić information content (AvgIpc) is 2.55. The van der Waals surface area contributed by atoms with E-state index in [2.05, 4.69) is 5.32 Å². The number of rotatable bonds is 6. The van der Waals surface area contributed by atoms with E-state index in [9.17, 15) is 19.7 Å². The van der Waals surface area contributed by atoms with Crippen molar-refractivity contribution in [1.29, 1.82) is 0 Å². The molecule has 0 radical (unpaired) electrons. The van der Waals surface area contributed by atoms with Gasteiger partial charge in [-0.25, -0.2) is 0 Å². The highest BCUT2D eigenvalue weighted by atomic mass is 35.5. The number of carboxylic acids is 1. The molecule has 1 amide bonds. The number of hydrogen-bond acceptors (Lipinski definition) is 4. The largest absolute Gasteiger partial charge is 0.481 e. The van der Waals surface area contributed by atoms with Gasteiger partial charge in [0.2, 0.25) is 0 Å². The standard InChI is InChI=1S/C17H15ClN2O5/c1-10-8-11(3-7-16(21)22)2-6-14(10)19-17(23)12-4-5-13(18)15(9-12)20(24)25/h2,4-6,8-9H,3,7H2,1H3,(H,19,23)(H,21,22). The van der Waals surface area contributed by atoms with Crippen LogP contribution >= 0.6 is 11.6 Å². The molecule has 0 aliphatic heterocycles. The van der Waals surface area contributed by atoms with Crippen LogP contribution in [0.2, 0.25) is 5.02 Å². The summed E-state index contributed by atoms with van der Waals surface area (Å²) in [6.45, 7) is 1.78.